The molecule has 1 unspecified atom stereocenters. The predicted octanol–water partition coefficient (Wildman–Crippen LogP) is 9.97. The maximum Gasteiger partial charge on any atom is 0.164 e. The molecule has 8 aromatic rings. The smallest absolute Gasteiger partial charge is 0.164 e. The summed E-state index contributed by atoms with van der Waals surface area (Å²) >= 11 is 0. The third-order valence-corrected chi connectivity index (χ3v) is 9.51. The van der Waals surface area contributed by atoms with E-state index in [4.69, 9.17) is 20.7 Å². The van der Waals surface area contributed by atoms with Crippen LogP contribution in [-0.2, 0) is 5.41 Å². The van der Waals surface area contributed by atoms with Gasteiger partial charge in [0.25, 0.3) is 0 Å². The lowest BCUT2D eigenvalue weighted by Crippen LogP contribution is -2.28. The summed E-state index contributed by atoms with van der Waals surface area (Å²) in [4.78, 5) is 14.8. The molecule has 0 aliphatic heterocycles. The lowest BCUT2D eigenvalue weighted by atomic mass is 9.67. The molecule has 0 fully saturated rings. The van der Waals surface area contributed by atoms with Gasteiger partial charge in [-0.25, -0.2) is 15.0 Å². The highest BCUT2D eigenvalue weighted by Gasteiger charge is 2.46. The Hall–Kier alpha value is -6.39. The van der Waals surface area contributed by atoms with Crippen molar-refractivity contribution in [3.63, 3.8) is 0 Å². The molecule has 1 aromatic heterocycles. The number of fused-ring (bicyclic) bond motifs is 4. The maximum atomic E-state index is 6.29. The summed E-state index contributed by atoms with van der Waals surface area (Å²) in [7, 11) is 0. The molecule has 0 saturated heterocycles. The standard InChI is InChI=1S/C44H30N4/c45-36-25-22-32-27-38-37-18-10-11-19-39(37)44(34-16-8-3-9-17-34,40(38)28-33(32)26-36)35-23-20-31(21-24-35)43-47-41(29-12-4-1-5-13-29)46-42(48-43)30-14-6-2-7-15-30/h1-28H,45H2. The van der Waals surface area contributed by atoms with Gasteiger partial charge in [-0.2, -0.15) is 0 Å². The van der Waals surface area contributed by atoms with Crippen molar-refractivity contribution in [2.24, 2.45) is 0 Å². The molecule has 9 rings (SSSR count). The number of nitrogen functional groups attached to an aromatic ring is 1. The van der Waals surface area contributed by atoms with Gasteiger partial charge in [0.05, 0.1) is 5.41 Å². The number of hydrogen-bond donors (Lipinski definition) is 1. The molecular formula is C44H30N4. The first kappa shape index (κ1) is 27.9. The Labute approximate surface area is 279 Å². The second kappa shape index (κ2) is 11.1. The van der Waals surface area contributed by atoms with Gasteiger partial charge >= 0.3 is 0 Å². The van der Waals surface area contributed by atoms with E-state index in [9.17, 15) is 0 Å². The van der Waals surface area contributed by atoms with Crippen molar-refractivity contribution in [1.82, 2.24) is 15.0 Å². The van der Waals surface area contributed by atoms with Crippen LogP contribution >= 0.6 is 0 Å². The number of nitrogens with two attached hydrogens (primary N) is 1. The summed E-state index contributed by atoms with van der Waals surface area (Å²) in [6.07, 6.45) is 0. The SMILES string of the molecule is Nc1ccc2cc3c(cc2c1)C(c1ccccc1)(c1ccc(-c2nc(-c4ccccc4)nc(-c4ccccc4)n2)cc1)c1ccccc1-3. The van der Waals surface area contributed by atoms with Gasteiger partial charge in [-0.3, -0.25) is 0 Å². The van der Waals surface area contributed by atoms with Crippen LogP contribution in [0.2, 0.25) is 0 Å². The molecular weight excluding hydrogens is 585 g/mol. The van der Waals surface area contributed by atoms with Crippen molar-refractivity contribution in [3.05, 3.63) is 192 Å². The fourth-order valence-corrected chi connectivity index (χ4v) is 7.32. The highest BCUT2D eigenvalue weighted by Crippen LogP contribution is 2.57. The quantitative estimate of drug-likeness (QED) is 0.196. The van der Waals surface area contributed by atoms with Crippen LogP contribution in [0.4, 0.5) is 5.69 Å². The normalized spacial score (nSPS) is 14.8. The minimum absolute atomic E-state index is 0.534. The Morgan fingerprint density at radius 3 is 1.52 bits per heavy atom. The maximum absolute atomic E-state index is 6.29. The number of hydrogen-bond acceptors (Lipinski definition) is 4. The van der Waals surface area contributed by atoms with E-state index in [1.54, 1.807) is 0 Å². The van der Waals surface area contributed by atoms with Crippen LogP contribution in [0.5, 0.6) is 0 Å². The van der Waals surface area contributed by atoms with E-state index in [0.717, 1.165) is 27.8 Å². The van der Waals surface area contributed by atoms with Crippen molar-refractivity contribution in [2.75, 3.05) is 5.73 Å². The summed E-state index contributed by atoms with van der Waals surface area (Å²) in [5, 5.41) is 2.31. The predicted molar refractivity (Wildman–Crippen MR) is 195 cm³/mol. The number of rotatable bonds is 5. The first-order valence-corrected chi connectivity index (χ1v) is 16.2. The number of nitrogens with zero attached hydrogens (tertiary/aromatic N) is 3. The Kier molecular flexibility index (Phi) is 6.47. The van der Waals surface area contributed by atoms with E-state index in [1.807, 2.05) is 66.7 Å². The van der Waals surface area contributed by atoms with E-state index in [-0.39, 0.29) is 0 Å². The molecule has 7 aromatic carbocycles. The molecule has 226 valence electrons. The van der Waals surface area contributed by atoms with Crippen molar-refractivity contribution in [2.45, 2.75) is 5.41 Å². The average molecular weight is 615 g/mol. The molecule has 0 radical (unpaired) electrons. The van der Waals surface area contributed by atoms with Crippen molar-refractivity contribution in [1.29, 1.82) is 0 Å². The average Bonchev–Trinajstić information content (AvgIpc) is 3.44. The zero-order valence-electron chi connectivity index (χ0n) is 26.1. The van der Waals surface area contributed by atoms with Gasteiger partial charge in [-0.1, -0.05) is 146 Å². The van der Waals surface area contributed by atoms with E-state index in [2.05, 4.69) is 103 Å². The topological polar surface area (TPSA) is 64.7 Å². The summed E-state index contributed by atoms with van der Waals surface area (Å²) in [6, 6.07) is 59.4. The third kappa shape index (κ3) is 4.42. The second-order valence-corrected chi connectivity index (χ2v) is 12.3. The van der Waals surface area contributed by atoms with Crippen molar-refractivity contribution >= 4 is 16.5 Å². The Morgan fingerprint density at radius 2 is 0.896 bits per heavy atom. The zero-order valence-corrected chi connectivity index (χ0v) is 26.1. The zero-order chi connectivity index (χ0) is 32.1. The number of benzene rings is 7. The van der Waals surface area contributed by atoms with Crippen molar-refractivity contribution in [3.8, 4) is 45.3 Å². The van der Waals surface area contributed by atoms with Crippen LogP contribution in [0, 0.1) is 0 Å². The van der Waals surface area contributed by atoms with Crippen LogP contribution in [0.1, 0.15) is 22.3 Å². The van der Waals surface area contributed by atoms with Gasteiger partial charge < -0.3 is 5.73 Å². The van der Waals surface area contributed by atoms with Crippen LogP contribution in [0.15, 0.2) is 170 Å². The molecule has 4 heteroatoms. The first-order chi connectivity index (χ1) is 23.7. The molecule has 1 aliphatic rings. The molecule has 1 atom stereocenters. The summed E-state index contributed by atoms with van der Waals surface area (Å²) < 4.78 is 0. The Morgan fingerprint density at radius 1 is 0.375 bits per heavy atom. The monoisotopic (exact) mass is 614 g/mol. The van der Waals surface area contributed by atoms with Crippen LogP contribution in [0.25, 0.3) is 56.1 Å². The van der Waals surface area contributed by atoms with Crippen LogP contribution in [-0.4, -0.2) is 15.0 Å². The molecule has 48 heavy (non-hydrogen) atoms. The fourth-order valence-electron chi connectivity index (χ4n) is 7.32. The van der Waals surface area contributed by atoms with E-state index in [1.165, 1.54) is 38.8 Å². The first-order valence-electron chi connectivity index (χ1n) is 16.2. The number of aromatic nitrogens is 3. The second-order valence-electron chi connectivity index (χ2n) is 12.3. The molecule has 1 heterocycles. The summed E-state index contributed by atoms with van der Waals surface area (Å²) in [5.41, 5.74) is 16.7. The van der Waals surface area contributed by atoms with Crippen molar-refractivity contribution < 1.29 is 0 Å². The highest BCUT2D eigenvalue weighted by molar-refractivity contribution is 5.97. The fraction of sp³-hybridized carbons (Fsp3) is 0.0227. The number of anilines is 1. The van der Waals surface area contributed by atoms with E-state index in [0.29, 0.717) is 17.5 Å². The van der Waals surface area contributed by atoms with Gasteiger partial charge in [0.15, 0.2) is 17.5 Å². The Balaban J connectivity index is 1.26. The van der Waals surface area contributed by atoms with Gasteiger partial charge in [-0.05, 0) is 68.4 Å². The Bertz CT molecular complexity index is 2380. The minimum atomic E-state index is -0.534. The molecule has 0 amide bonds. The molecule has 0 spiro atoms. The molecule has 0 saturated carbocycles. The highest BCUT2D eigenvalue weighted by atomic mass is 15.0. The van der Waals surface area contributed by atoms with E-state index < -0.39 is 5.41 Å². The van der Waals surface area contributed by atoms with Gasteiger partial charge in [0.1, 0.15) is 0 Å². The van der Waals surface area contributed by atoms with Crippen LogP contribution < -0.4 is 5.73 Å². The minimum Gasteiger partial charge on any atom is -0.399 e. The molecule has 0 bridgehead atoms. The molecule has 2 N–H and O–H groups in total. The largest absolute Gasteiger partial charge is 0.399 e. The van der Waals surface area contributed by atoms with Gasteiger partial charge in [0, 0.05) is 22.4 Å². The lowest BCUT2D eigenvalue weighted by molar-refractivity contribution is 0.769. The van der Waals surface area contributed by atoms with Gasteiger partial charge in [-0.15, -0.1) is 0 Å². The summed E-state index contributed by atoms with van der Waals surface area (Å²) in [5.74, 6) is 1.93. The molecule has 1 aliphatic carbocycles. The van der Waals surface area contributed by atoms with Crippen LogP contribution in [0.3, 0.4) is 0 Å². The van der Waals surface area contributed by atoms with Gasteiger partial charge in [0.2, 0.25) is 0 Å². The van der Waals surface area contributed by atoms with E-state index >= 15 is 0 Å². The lowest BCUT2D eigenvalue weighted by Gasteiger charge is -2.34. The summed E-state index contributed by atoms with van der Waals surface area (Å²) in [6.45, 7) is 0. The third-order valence-electron chi connectivity index (χ3n) is 9.51. The molecule has 4 nitrogen and oxygen atoms in total.